The van der Waals surface area contributed by atoms with Crippen LogP contribution < -0.4 is 11.1 Å². The first-order valence-electron chi connectivity index (χ1n) is 9.91. The Hall–Kier alpha value is -3.04. The molecule has 33 heavy (non-hydrogen) atoms. The lowest BCUT2D eigenvalue weighted by Gasteiger charge is -2.19. The highest BCUT2D eigenvalue weighted by atomic mass is 19.4. The molecule has 0 aromatic heterocycles. The number of carbonyl (C=O) groups is 1. The molecule has 0 bridgehead atoms. The van der Waals surface area contributed by atoms with Crippen molar-refractivity contribution in [3.05, 3.63) is 70.0 Å². The third kappa shape index (κ3) is 7.80. The van der Waals surface area contributed by atoms with E-state index in [0.717, 1.165) is 35.9 Å². The minimum atomic E-state index is -4.45. The molecule has 1 atom stereocenters. The Morgan fingerprint density at radius 3 is 2.18 bits per heavy atom. The first-order valence-corrected chi connectivity index (χ1v) is 9.91. The van der Waals surface area contributed by atoms with Gasteiger partial charge in [0.2, 0.25) is 5.91 Å². The molecule has 3 rings (SSSR count). The summed E-state index contributed by atoms with van der Waals surface area (Å²) in [6.45, 7) is 3.81. The second-order valence-electron chi connectivity index (χ2n) is 7.70. The predicted octanol–water partition coefficient (Wildman–Crippen LogP) is 6.19. The molecule has 180 valence electrons. The van der Waals surface area contributed by atoms with Crippen LogP contribution >= 0.6 is 0 Å². The van der Waals surface area contributed by atoms with Crippen molar-refractivity contribution in [1.82, 2.24) is 0 Å². The molecular weight excluding hydrogens is 453 g/mol. The van der Waals surface area contributed by atoms with Crippen molar-refractivity contribution >= 4 is 17.7 Å². The maximum absolute atomic E-state index is 13.7. The lowest BCUT2D eigenvalue weighted by Crippen LogP contribution is -2.21. The van der Waals surface area contributed by atoms with Gasteiger partial charge in [-0.1, -0.05) is 30.4 Å². The molecule has 0 saturated heterocycles. The molecule has 2 aromatic carbocycles. The molecule has 3 nitrogen and oxygen atoms in total. The van der Waals surface area contributed by atoms with E-state index >= 15 is 0 Å². The number of rotatable bonds is 4. The van der Waals surface area contributed by atoms with Gasteiger partial charge in [0.05, 0.1) is 5.92 Å². The second kappa shape index (κ2) is 10.3. The van der Waals surface area contributed by atoms with E-state index in [1.807, 2.05) is 12.1 Å². The summed E-state index contributed by atoms with van der Waals surface area (Å²) in [7, 11) is 0. The summed E-state index contributed by atoms with van der Waals surface area (Å²) in [4.78, 5) is 9.52. The summed E-state index contributed by atoms with van der Waals surface area (Å²) in [6.07, 6.45) is -6.92. The monoisotopic (exact) mass is 476 g/mol. The van der Waals surface area contributed by atoms with Crippen LogP contribution in [0.25, 0.3) is 6.08 Å². The highest BCUT2D eigenvalue weighted by molar-refractivity contribution is 5.74. The average Bonchev–Trinajstić information content (AvgIpc) is 3.11. The number of fused-ring (bicyclic) bond motifs is 1. The number of nitrogens with two attached hydrogens (primary N) is 1. The minimum absolute atomic E-state index is 0.0583. The maximum Gasteiger partial charge on any atom is 0.399 e. The van der Waals surface area contributed by atoms with Gasteiger partial charge in [0, 0.05) is 12.2 Å². The van der Waals surface area contributed by atoms with Crippen molar-refractivity contribution in [1.29, 1.82) is 0 Å². The maximum atomic E-state index is 13.7. The zero-order valence-corrected chi connectivity index (χ0v) is 17.9. The van der Waals surface area contributed by atoms with Gasteiger partial charge in [-0.25, -0.2) is 4.39 Å². The van der Waals surface area contributed by atoms with Crippen LogP contribution in [0.4, 0.5) is 36.4 Å². The molecule has 1 unspecified atom stereocenters. The second-order valence-corrected chi connectivity index (χ2v) is 7.70. The molecule has 1 amide bonds. The third-order valence-electron chi connectivity index (χ3n) is 4.87. The van der Waals surface area contributed by atoms with Crippen molar-refractivity contribution in [2.24, 2.45) is 5.73 Å². The van der Waals surface area contributed by atoms with Crippen LogP contribution in [0, 0.1) is 19.7 Å². The predicted molar refractivity (Wildman–Crippen MR) is 112 cm³/mol. The van der Waals surface area contributed by atoms with Gasteiger partial charge in [-0.05, 0) is 60.2 Å². The Kier molecular flexibility index (Phi) is 8.16. The summed E-state index contributed by atoms with van der Waals surface area (Å²) in [5.74, 6) is -3.57. The highest BCUT2D eigenvalue weighted by Gasteiger charge is 2.39. The van der Waals surface area contributed by atoms with Gasteiger partial charge >= 0.3 is 12.4 Å². The fourth-order valence-electron chi connectivity index (χ4n) is 3.40. The lowest BCUT2D eigenvalue weighted by molar-refractivity contribution is -0.151. The van der Waals surface area contributed by atoms with E-state index in [1.54, 1.807) is 6.07 Å². The largest absolute Gasteiger partial charge is 0.399 e. The van der Waals surface area contributed by atoms with Gasteiger partial charge in [-0.3, -0.25) is 4.79 Å². The molecule has 1 aliphatic heterocycles. The zero-order valence-electron chi connectivity index (χ0n) is 17.9. The molecule has 0 radical (unpaired) electrons. The minimum Gasteiger partial charge on any atom is -0.384 e. The number of aryl methyl sites for hydroxylation is 2. The number of halogens is 7. The third-order valence-corrected chi connectivity index (χ3v) is 4.87. The van der Waals surface area contributed by atoms with Crippen LogP contribution in [-0.2, 0) is 11.2 Å². The summed E-state index contributed by atoms with van der Waals surface area (Å²) in [5, 5.41) is 3.22. The number of amides is 1. The van der Waals surface area contributed by atoms with E-state index in [4.69, 9.17) is 0 Å². The smallest absolute Gasteiger partial charge is 0.384 e. The van der Waals surface area contributed by atoms with Crippen LogP contribution in [0.15, 0.2) is 36.4 Å². The average molecular weight is 476 g/mol. The van der Waals surface area contributed by atoms with E-state index in [9.17, 15) is 35.5 Å². The number of hydrogen-bond acceptors (Lipinski definition) is 2. The Morgan fingerprint density at radius 2 is 1.70 bits per heavy atom. The van der Waals surface area contributed by atoms with Gasteiger partial charge < -0.3 is 11.1 Å². The summed E-state index contributed by atoms with van der Waals surface area (Å²) in [5.41, 5.74) is 7.60. The number of hydrogen-bond donors (Lipinski definition) is 2. The Bertz CT molecular complexity index is 1000. The van der Waals surface area contributed by atoms with Gasteiger partial charge in [0.15, 0.2) is 0 Å². The Morgan fingerprint density at radius 1 is 1.09 bits per heavy atom. The van der Waals surface area contributed by atoms with E-state index in [0.29, 0.717) is 0 Å². The van der Waals surface area contributed by atoms with Gasteiger partial charge in [-0.2, -0.15) is 26.3 Å². The molecule has 0 aliphatic carbocycles. The molecule has 2 aromatic rings. The van der Waals surface area contributed by atoms with Crippen LogP contribution in [0.3, 0.4) is 0 Å². The van der Waals surface area contributed by atoms with E-state index in [1.165, 1.54) is 32.1 Å². The number of nitrogens with one attached hydrogen (secondary N) is 1. The van der Waals surface area contributed by atoms with Gasteiger partial charge in [0.25, 0.3) is 0 Å². The summed E-state index contributed by atoms with van der Waals surface area (Å²) >= 11 is 0. The van der Waals surface area contributed by atoms with Crippen LogP contribution in [0.5, 0.6) is 0 Å². The molecule has 0 fully saturated rings. The standard InChI is InChI=1S/C20H19F4N.C3H4F3NO/c1-12-9-16(10-13(2)19(12)21)17(20(22,23)24)5-3-14-4-6-18-15(11-14)7-8-25-18;4-3(5,6)1-2(7)8/h3-6,9-11,17,25H,7-8H2,1-2H3;1H2,(H2,7,8)/b5-3+;. The molecule has 0 saturated carbocycles. The van der Waals surface area contributed by atoms with Crippen molar-refractivity contribution in [3.8, 4) is 0 Å². The number of primary amides is 1. The van der Waals surface area contributed by atoms with Crippen LogP contribution in [0.1, 0.15) is 40.2 Å². The Balaban J connectivity index is 0.000000414. The van der Waals surface area contributed by atoms with E-state index in [-0.39, 0.29) is 16.7 Å². The van der Waals surface area contributed by atoms with Crippen LogP contribution in [0.2, 0.25) is 0 Å². The number of allylic oxidation sites excluding steroid dienone is 1. The first-order chi connectivity index (χ1) is 15.2. The van der Waals surface area contributed by atoms with Crippen LogP contribution in [-0.4, -0.2) is 24.8 Å². The fraction of sp³-hybridized carbons (Fsp3) is 0.348. The number of benzene rings is 2. The lowest BCUT2D eigenvalue weighted by atomic mass is 9.93. The number of alkyl halides is 6. The highest BCUT2D eigenvalue weighted by Crippen LogP contribution is 2.38. The first kappa shape index (κ1) is 26.2. The molecular formula is C23H23F7N2O. The Labute approximate surface area is 186 Å². The molecule has 1 heterocycles. The fourth-order valence-corrected chi connectivity index (χ4v) is 3.40. The SMILES string of the molecule is Cc1cc(C(/C=C/c2ccc3c(c2)CCN3)C(F)(F)F)cc(C)c1F.NC(=O)CC(F)(F)F. The van der Waals surface area contributed by atoms with Gasteiger partial charge in [0.1, 0.15) is 12.2 Å². The van der Waals surface area contributed by atoms with E-state index in [2.05, 4.69) is 11.1 Å². The van der Waals surface area contributed by atoms with Crippen molar-refractivity contribution in [2.75, 3.05) is 11.9 Å². The normalized spacial score (nSPS) is 14.3. The molecule has 0 spiro atoms. The number of anilines is 1. The van der Waals surface area contributed by atoms with E-state index < -0.39 is 36.4 Å². The van der Waals surface area contributed by atoms with Gasteiger partial charge in [-0.15, -0.1) is 0 Å². The van der Waals surface area contributed by atoms with Crippen molar-refractivity contribution < 1.29 is 35.5 Å². The quantitative estimate of drug-likeness (QED) is 0.517. The molecule has 1 aliphatic rings. The number of carbonyl (C=O) groups excluding carboxylic acids is 1. The topological polar surface area (TPSA) is 55.1 Å². The summed E-state index contributed by atoms with van der Waals surface area (Å²) < 4.78 is 87.4. The van der Waals surface area contributed by atoms with Crippen molar-refractivity contribution in [3.63, 3.8) is 0 Å². The summed E-state index contributed by atoms with van der Waals surface area (Å²) in [6, 6.07) is 8.13. The zero-order chi connectivity index (χ0) is 25.0. The molecule has 3 N–H and O–H groups in total. The molecule has 10 heteroatoms. The van der Waals surface area contributed by atoms with Crippen molar-refractivity contribution in [2.45, 2.75) is 45.0 Å².